The lowest BCUT2D eigenvalue weighted by atomic mass is 10.1. The second-order valence-corrected chi connectivity index (χ2v) is 6.94. The van der Waals surface area contributed by atoms with Crippen LogP contribution in [0.3, 0.4) is 0 Å². The first-order chi connectivity index (χ1) is 10.6. The molecule has 0 aliphatic rings. The van der Waals surface area contributed by atoms with Crippen LogP contribution < -0.4 is 5.43 Å². The van der Waals surface area contributed by atoms with Crippen molar-refractivity contribution in [3.63, 3.8) is 0 Å². The van der Waals surface area contributed by atoms with E-state index in [-0.39, 0.29) is 11.7 Å². The van der Waals surface area contributed by atoms with E-state index >= 15 is 0 Å². The number of nitrogens with one attached hydrogen (secondary N) is 1. The van der Waals surface area contributed by atoms with Crippen LogP contribution in [0, 0.1) is 7.14 Å². The average Bonchev–Trinajstić information content (AvgIpc) is 2.51. The zero-order valence-corrected chi connectivity index (χ0v) is 15.9. The number of aromatic hydroxyl groups is 1. The van der Waals surface area contributed by atoms with Crippen molar-refractivity contribution in [3.8, 4) is 5.75 Å². The van der Waals surface area contributed by atoms with Gasteiger partial charge in [-0.15, -0.1) is 0 Å². The molecule has 0 aliphatic heterocycles. The SMILES string of the molecule is O=C(CCc1ccccc1)N/N=C\c1cc(I)c(O)c(I)c1. The Labute approximate surface area is 156 Å². The number of carbonyl (C=O) groups excluding carboxylic acids is 1. The van der Waals surface area contributed by atoms with Gasteiger partial charge in [0.2, 0.25) is 5.91 Å². The summed E-state index contributed by atoms with van der Waals surface area (Å²) in [7, 11) is 0. The van der Waals surface area contributed by atoms with E-state index in [1.54, 1.807) is 18.3 Å². The van der Waals surface area contributed by atoms with Crippen LogP contribution in [-0.4, -0.2) is 17.2 Å². The maximum absolute atomic E-state index is 11.7. The number of hydrogen-bond donors (Lipinski definition) is 2. The lowest BCUT2D eigenvalue weighted by Crippen LogP contribution is -2.17. The zero-order chi connectivity index (χ0) is 15.9. The first-order valence-corrected chi connectivity index (χ1v) is 8.76. The third-order valence-electron chi connectivity index (χ3n) is 2.93. The van der Waals surface area contributed by atoms with Crippen molar-refractivity contribution in [3.05, 3.63) is 60.7 Å². The third kappa shape index (κ3) is 5.24. The van der Waals surface area contributed by atoms with E-state index in [0.717, 1.165) is 18.3 Å². The molecule has 0 heterocycles. The molecule has 2 N–H and O–H groups in total. The van der Waals surface area contributed by atoms with Crippen molar-refractivity contribution in [2.24, 2.45) is 5.10 Å². The number of rotatable bonds is 5. The number of nitrogens with zero attached hydrogens (tertiary/aromatic N) is 1. The normalized spacial score (nSPS) is 10.8. The largest absolute Gasteiger partial charge is 0.506 e. The van der Waals surface area contributed by atoms with E-state index < -0.39 is 0 Å². The van der Waals surface area contributed by atoms with E-state index in [4.69, 9.17) is 0 Å². The fourth-order valence-corrected chi connectivity index (χ4v) is 3.61. The molecule has 0 aromatic heterocycles. The van der Waals surface area contributed by atoms with Crippen LogP contribution >= 0.6 is 45.2 Å². The van der Waals surface area contributed by atoms with Gasteiger partial charge in [0.1, 0.15) is 5.75 Å². The number of phenolic OH excluding ortho intramolecular Hbond substituents is 1. The van der Waals surface area contributed by atoms with Gasteiger partial charge in [0.05, 0.1) is 13.4 Å². The molecule has 0 saturated carbocycles. The second-order valence-electron chi connectivity index (χ2n) is 4.61. The fourth-order valence-electron chi connectivity index (χ4n) is 1.80. The molecule has 0 aliphatic carbocycles. The van der Waals surface area contributed by atoms with E-state index in [1.165, 1.54) is 0 Å². The summed E-state index contributed by atoms with van der Waals surface area (Å²) in [6.07, 6.45) is 2.66. The highest BCUT2D eigenvalue weighted by atomic mass is 127. The standard InChI is InChI=1S/C16H14I2N2O2/c17-13-8-12(9-14(18)16(13)22)10-19-20-15(21)7-6-11-4-2-1-3-5-11/h1-5,8-10,22H,6-7H2,(H,20,21)/b19-10-. The summed E-state index contributed by atoms with van der Waals surface area (Å²) in [4.78, 5) is 11.7. The average molecular weight is 520 g/mol. The summed E-state index contributed by atoms with van der Waals surface area (Å²) in [6, 6.07) is 13.5. The molecule has 0 bridgehead atoms. The van der Waals surface area contributed by atoms with E-state index in [9.17, 15) is 9.90 Å². The molecule has 22 heavy (non-hydrogen) atoms. The van der Waals surface area contributed by atoms with Crippen LogP contribution in [0.1, 0.15) is 17.5 Å². The lowest BCUT2D eigenvalue weighted by molar-refractivity contribution is -0.121. The monoisotopic (exact) mass is 520 g/mol. The van der Waals surface area contributed by atoms with Gasteiger partial charge in [-0.25, -0.2) is 5.43 Å². The Morgan fingerprint density at radius 2 is 1.82 bits per heavy atom. The summed E-state index contributed by atoms with van der Waals surface area (Å²) in [5, 5.41) is 13.6. The smallest absolute Gasteiger partial charge is 0.240 e. The summed E-state index contributed by atoms with van der Waals surface area (Å²) in [5.74, 6) is 0.147. The highest BCUT2D eigenvalue weighted by Gasteiger charge is 2.04. The number of hydrogen-bond acceptors (Lipinski definition) is 3. The Morgan fingerprint density at radius 1 is 1.18 bits per heavy atom. The van der Waals surface area contributed by atoms with Crippen LogP contribution in [0.5, 0.6) is 5.75 Å². The lowest BCUT2D eigenvalue weighted by Gasteiger charge is -2.03. The Kier molecular flexibility index (Phi) is 6.62. The van der Waals surface area contributed by atoms with Crippen molar-refractivity contribution in [2.45, 2.75) is 12.8 Å². The number of hydrazone groups is 1. The maximum Gasteiger partial charge on any atom is 0.240 e. The second kappa shape index (κ2) is 8.47. The molecule has 2 aromatic rings. The minimum Gasteiger partial charge on any atom is -0.506 e. The van der Waals surface area contributed by atoms with E-state index in [2.05, 4.69) is 55.7 Å². The quantitative estimate of drug-likeness (QED) is 0.359. The number of carbonyl (C=O) groups is 1. The minimum absolute atomic E-state index is 0.122. The van der Waals surface area contributed by atoms with Crippen LogP contribution in [0.4, 0.5) is 0 Å². The van der Waals surface area contributed by atoms with E-state index in [0.29, 0.717) is 12.8 Å². The first kappa shape index (κ1) is 17.2. The van der Waals surface area contributed by atoms with Crippen molar-refractivity contribution in [1.82, 2.24) is 5.43 Å². The van der Waals surface area contributed by atoms with Gasteiger partial charge < -0.3 is 5.11 Å². The predicted molar refractivity (Wildman–Crippen MR) is 104 cm³/mol. The number of phenols is 1. The highest BCUT2D eigenvalue weighted by Crippen LogP contribution is 2.26. The Bertz CT molecular complexity index is 665. The van der Waals surface area contributed by atoms with Gasteiger partial charge in [0.15, 0.2) is 0 Å². The summed E-state index contributed by atoms with van der Waals surface area (Å²) < 4.78 is 1.50. The van der Waals surface area contributed by atoms with Gasteiger partial charge in [-0.3, -0.25) is 4.79 Å². The van der Waals surface area contributed by atoms with E-state index in [1.807, 2.05) is 30.3 Å². The van der Waals surface area contributed by atoms with Crippen LogP contribution in [0.15, 0.2) is 47.6 Å². The Hall–Kier alpha value is -1.16. The molecule has 0 saturated heterocycles. The molecular formula is C16H14I2N2O2. The Morgan fingerprint density at radius 3 is 2.45 bits per heavy atom. The van der Waals surface area contributed by atoms with Crippen molar-refractivity contribution in [2.75, 3.05) is 0 Å². The predicted octanol–water partition coefficient (Wildman–Crippen LogP) is 3.68. The molecule has 0 atom stereocenters. The molecule has 2 rings (SSSR count). The molecule has 1 amide bonds. The maximum atomic E-state index is 11.7. The minimum atomic E-state index is -0.122. The van der Waals surface area contributed by atoms with Crippen molar-refractivity contribution in [1.29, 1.82) is 0 Å². The zero-order valence-electron chi connectivity index (χ0n) is 11.6. The van der Waals surface area contributed by atoms with Gasteiger partial charge in [0, 0.05) is 6.42 Å². The molecule has 6 heteroatoms. The Balaban J connectivity index is 1.85. The molecule has 0 radical (unpaired) electrons. The van der Waals surface area contributed by atoms with Crippen LogP contribution in [0.2, 0.25) is 0 Å². The topological polar surface area (TPSA) is 61.7 Å². The molecule has 0 unspecified atom stereocenters. The van der Waals surface area contributed by atoms with Gasteiger partial charge in [-0.1, -0.05) is 30.3 Å². The van der Waals surface area contributed by atoms with Gasteiger partial charge in [-0.05, 0) is 74.9 Å². The van der Waals surface area contributed by atoms with Gasteiger partial charge >= 0.3 is 0 Å². The third-order valence-corrected chi connectivity index (χ3v) is 4.57. The van der Waals surface area contributed by atoms with Crippen molar-refractivity contribution < 1.29 is 9.90 Å². The highest BCUT2D eigenvalue weighted by molar-refractivity contribution is 14.1. The van der Waals surface area contributed by atoms with Crippen molar-refractivity contribution >= 4 is 57.3 Å². The van der Waals surface area contributed by atoms with Crippen LogP contribution in [-0.2, 0) is 11.2 Å². The molecular weight excluding hydrogens is 506 g/mol. The molecule has 2 aromatic carbocycles. The molecule has 0 spiro atoms. The summed E-state index contributed by atoms with van der Waals surface area (Å²) >= 11 is 4.11. The number of benzene rings is 2. The van der Waals surface area contributed by atoms with Crippen LogP contribution in [0.25, 0.3) is 0 Å². The first-order valence-electron chi connectivity index (χ1n) is 6.60. The number of halogens is 2. The van der Waals surface area contributed by atoms with Gasteiger partial charge in [-0.2, -0.15) is 5.10 Å². The number of aryl methyl sites for hydroxylation is 1. The molecule has 114 valence electrons. The fraction of sp³-hybridized carbons (Fsp3) is 0.125. The summed E-state index contributed by atoms with van der Waals surface area (Å²) in [6.45, 7) is 0. The summed E-state index contributed by atoms with van der Waals surface area (Å²) in [5.41, 5.74) is 4.48. The number of amides is 1. The van der Waals surface area contributed by atoms with Gasteiger partial charge in [0.25, 0.3) is 0 Å². The molecule has 4 nitrogen and oxygen atoms in total. The molecule has 0 fully saturated rings.